The number of non-ortho nitro benzene ring substituents is 1. The van der Waals surface area contributed by atoms with Crippen molar-refractivity contribution in [1.29, 1.82) is 0 Å². The first kappa shape index (κ1) is 17.7. The predicted octanol–water partition coefficient (Wildman–Crippen LogP) is 4.55. The highest BCUT2D eigenvalue weighted by molar-refractivity contribution is 5.91. The summed E-state index contributed by atoms with van der Waals surface area (Å²) in [6.07, 6.45) is 3.46. The highest BCUT2D eigenvalue weighted by Crippen LogP contribution is 2.36. The second-order valence-corrected chi connectivity index (χ2v) is 7.90. The monoisotopic (exact) mass is 390 g/mol. The predicted molar refractivity (Wildman–Crippen MR) is 111 cm³/mol. The van der Waals surface area contributed by atoms with Crippen LogP contribution in [0.3, 0.4) is 0 Å². The smallest absolute Gasteiger partial charge is 0.322 e. The second-order valence-electron chi connectivity index (χ2n) is 7.90. The first-order valence-electron chi connectivity index (χ1n) is 9.99. The van der Waals surface area contributed by atoms with Crippen LogP contribution < -0.4 is 5.32 Å². The average molecular weight is 390 g/mol. The van der Waals surface area contributed by atoms with E-state index in [0.29, 0.717) is 18.8 Å². The molecular formula is C22H22N4O3. The SMILES string of the molecule is O=C(Nc1ccc([N+](=O)[O-])cc1)N1CCc2c(c3ccccc3n2CC2CC2)C1. The van der Waals surface area contributed by atoms with Crippen LogP contribution in [-0.2, 0) is 19.5 Å². The maximum atomic E-state index is 12.8. The van der Waals surface area contributed by atoms with Crippen LogP contribution in [0.4, 0.5) is 16.2 Å². The third-order valence-electron chi connectivity index (χ3n) is 5.92. The number of para-hydroxylation sites is 1. The van der Waals surface area contributed by atoms with Crippen LogP contribution in [0.25, 0.3) is 10.9 Å². The van der Waals surface area contributed by atoms with Crippen molar-refractivity contribution in [2.75, 3.05) is 11.9 Å². The Morgan fingerprint density at radius 3 is 2.62 bits per heavy atom. The van der Waals surface area contributed by atoms with Crippen molar-refractivity contribution in [2.24, 2.45) is 5.92 Å². The minimum atomic E-state index is -0.449. The summed E-state index contributed by atoms with van der Waals surface area (Å²) in [7, 11) is 0. The van der Waals surface area contributed by atoms with Gasteiger partial charge in [-0.15, -0.1) is 0 Å². The second kappa shape index (κ2) is 6.92. The number of hydrogen-bond acceptors (Lipinski definition) is 3. The van der Waals surface area contributed by atoms with Crippen molar-refractivity contribution in [1.82, 2.24) is 9.47 Å². The summed E-state index contributed by atoms with van der Waals surface area (Å²) in [5.74, 6) is 0.790. The van der Waals surface area contributed by atoms with E-state index in [1.54, 1.807) is 12.1 Å². The summed E-state index contributed by atoms with van der Waals surface area (Å²) in [6, 6.07) is 14.2. The van der Waals surface area contributed by atoms with Gasteiger partial charge in [-0.3, -0.25) is 10.1 Å². The summed E-state index contributed by atoms with van der Waals surface area (Å²) in [5, 5.41) is 14.9. The Morgan fingerprint density at radius 1 is 1.14 bits per heavy atom. The number of rotatable bonds is 4. The molecule has 2 heterocycles. The Morgan fingerprint density at radius 2 is 1.90 bits per heavy atom. The number of hydrogen-bond donors (Lipinski definition) is 1. The lowest BCUT2D eigenvalue weighted by Crippen LogP contribution is -2.39. The highest BCUT2D eigenvalue weighted by Gasteiger charge is 2.29. The fourth-order valence-corrected chi connectivity index (χ4v) is 4.21. The quantitative estimate of drug-likeness (QED) is 0.524. The molecule has 5 rings (SSSR count). The van der Waals surface area contributed by atoms with Gasteiger partial charge < -0.3 is 14.8 Å². The largest absolute Gasteiger partial charge is 0.344 e. The van der Waals surface area contributed by atoms with Crippen molar-refractivity contribution < 1.29 is 9.72 Å². The van der Waals surface area contributed by atoms with Crippen molar-refractivity contribution in [2.45, 2.75) is 32.4 Å². The molecule has 0 unspecified atom stereocenters. The number of nitro groups is 1. The Hall–Kier alpha value is -3.35. The molecule has 7 nitrogen and oxygen atoms in total. The van der Waals surface area contributed by atoms with Crippen LogP contribution in [0.5, 0.6) is 0 Å². The lowest BCUT2D eigenvalue weighted by molar-refractivity contribution is -0.384. The van der Waals surface area contributed by atoms with Crippen molar-refractivity contribution in [3.63, 3.8) is 0 Å². The number of nitro benzene ring substituents is 1. The molecule has 3 aromatic rings. The van der Waals surface area contributed by atoms with Crippen LogP contribution in [-0.4, -0.2) is 27.0 Å². The molecule has 0 atom stereocenters. The third-order valence-corrected chi connectivity index (χ3v) is 5.92. The Bertz CT molecular complexity index is 1100. The molecule has 7 heteroatoms. The lowest BCUT2D eigenvalue weighted by Gasteiger charge is -2.28. The van der Waals surface area contributed by atoms with E-state index in [2.05, 4.69) is 34.1 Å². The molecule has 148 valence electrons. The number of fused-ring (bicyclic) bond motifs is 3. The van der Waals surface area contributed by atoms with Crippen molar-refractivity contribution >= 4 is 28.3 Å². The minimum Gasteiger partial charge on any atom is -0.344 e. The number of nitrogens with zero attached hydrogens (tertiary/aromatic N) is 3. The summed E-state index contributed by atoms with van der Waals surface area (Å²) < 4.78 is 2.47. The number of aromatic nitrogens is 1. The zero-order valence-electron chi connectivity index (χ0n) is 16.0. The zero-order valence-corrected chi connectivity index (χ0v) is 16.0. The molecule has 0 radical (unpaired) electrons. The molecule has 2 aromatic carbocycles. The fourth-order valence-electron chi connectivity index (χ4n) is 4.21. The number of carbonyl (C=O) groups excluding carboxylic acids is 1. The van der Waals surface area contributed by atoms with Gasteiger partial charge in [-0.05, 0) is 37.0 Å². The van der Waals surface area contributed by atoms with E-state index in [-0.39, 0.29) is 11.7 Å². The molecule has 0 bridgehead atoms. The normalized spacial score (nSPS) is 15.9. The number of amides is 2. The van der Waals surface area contributed by atoms with Gasteiger partial charge in [0.2, 0.25) is 0 Å². The van der Waals surface area contributed by atoms with E-state index < -0.39 is 4.92 Å². The molecular weight excluding hydrogens is 368 g/mol. The summed E-state index contributed by atoms with van der Waals surface area (Å²) in [5.41, 5.74) is 4.43. The minimum absolute atomic E-state index is 0.00841. The Kier molecular flexibility index (Phi) is 4.23. The Labute approximate surface area is 168 Å². The topological polar surface area (TPSA) is 80.4 Å². The number of carbonyl (C=O) groups is 1. The highest BCUT2D eigenvalue weighted by atomic mass is 16.6. The Balaban J connectivity index is 1.37. The third kappa shape index (κ3) is 3.33. The fraction of sp³-hybridized carbons (Fsp3) is 0.318. The maximum absolute atomic E-state index is 12.8. The van der Waals surface area contributed by atoms with E-state index in [4.69, 9.17) is 0 Å². The molecule has 1 fully saturated rings. The van der Waals surface area contributed by atoms with Crippen molar-refractivity contribution in [3.05, 3.63) is 69.9 Å². The van der Waals surface area contributed by atoms with E-state index in [1.165, 1.54) is 47.1 Å². The van der Waals surface area contributed by atoms with Gasteiger partial charge in [0, 0.05) is 66.0 Å². The molecule has 1 N–H and O–H groups in total. The molecule has 1 aliphatic heterocycles. The molecule has 1 saturated carbocycles. The van der Waals surface area contributed by atoms with Gasteiger partial charge in [-0.2, -0.15) is 0 Å². The van der Waals surface area contributed by atoms with Gasteiger partial charge in [-0.25, -0.2) is 4.79 Å². The first-order chi connectivity index (χ1) is 14.1. The summed E-state index contributed by atoms with van der Waals surface area (Å²) >= 11 is 0. The van der Waals surface area contributed by atoms with Crippen molar-refractivity contribution in [3.8, 4) is 0 Å². The number of nitrogens with one attached hydrogen (secondary N) is 1. The number of benzene rings is 2. The molecule has 29 heavy (non-hydrogen) atoms. The number of anilines is 1. The molecule has 0 spiro atoms. The van der Waals surface area contributed by atoms with Gasteiger partial charge in [0.05, 0.1) is 4.92 Å². The molecule has 2 amide bonds. The van der Waals surface area contributed by atoms with E-state index >= 15 is 0 Å². The van der Waals surface area contributed by atoms with Gasteiger partial charge >= 0.3 is 6.03 Å². The van der Waals surface area contributed by atoms with Crippen LogP contribution in [0.15, 0.2) is 48.5 Å². The van der Waals surface area contributed by atoms with Crippen LogP contribution in [0, 0.1) is 16.0 Å². The summed E-state index contributed by atoms with van der Waals surface area (Å²) in [6.45, 7) is 2.31. The van der Waals surface area contributed by atoms with Gasteiger partial charge in [0.25, 0.3) is 5.69 Å². The van der Waals surface area contributed by atoms with Gasteiger partial charge in [0.1, 0.15) is 0 Å². The van der Waals surface area contributed by atoms with Gasteiger partial charge in [-0.1, -0.05) is 18.2 Å². The van der Waals surface area contributed by atoms with E-state index in [9.17, 15) is 14.9 Å². The lowest BCUT2D eigenvalue weighted by atomic mass is 10.0. The molecule has 1 aliphatic carbocycles. The van der Waals surface area contributed by atoms with Crippen LogP contribution >= 0.6 is 0 Å². The standard InChI is InChI=1S/C22H22N4O3/c27-22(23-16-7-9-17(10-8-16)26(28)29)24-12-11-21-19(14-24)18-3-1-2-4-20(18)25(21)13-15-5-6-15/h1-4,7-10,15H,5-6,11-14H2,(H,23,27). The van der Waals surface area contributed by atoms with Crippen LogP contribution in [0.1, 0.15) is 24.1 Å². The summed E-state index contributed by atoms with van der Waals surface area (Å²) in [4.78, 5) is 25.0. The maximum Gasteiger partial charge on any atom is 0.322 e. The van der Waals surface area contributed by atoms with E-state index in [0.717, 1.165) is 18.9 Å². The number of urea groups is 1. The van der Waals surface area contributed by atoms with Crippen LogP contribution in [0.2, 0.25) is 0 Å². The molecule has 0 saturated heterocycles. The first-order valence-corrected chi connectivity index (χ1v) is 9.99. The van der Waals surface area contributed by atoms with Gasteiger partial charge in [0.15, 0.2) is 0 Å². The zero-order chi connectivity index (χ0) is 20.0. The van der Waals surface area contributed by atoms with E-state index in [1.807, 2.05) is 4.90 Å². The molecule has 1 aromatic heterocycles. The average Bonchev–Trinajstić information content (AvgIpc) is 3.51. The molecule has 2 aliphatic rings.